The lowest BCUT2D eigenvalue weighted by atomic mass is 9.43. The summed E-state index contributed by atoms with van der Waals surface area (Å²) in [6.07, 6.45) is 13.9. The summed E-state index contributed by atoms with van der Waals surface area (Å²) in [6, 6.07) is 0. The molecule has 0 amide bonds. The Kier molecular flexibility index (Phi) is 6.41. The molecule has 3 nitrogen and oxygen atoms in total. The second-order valence-electron chi connectivity index (χ2n) is 12.6. The fraction of sp³-hybridized carbons (Fsp3) is 1.00. The third kappa shape index (κ3) is 3.69. The first-order valence-corrected chi connectivity index (χ1v) is 13.2. The van der Waals surface area contributed by atoms with Crippen LogP contribution in [0.25, 0.3) is 0 Å². The Morgan fingerprint density at radius 1 is 0.833 bits per heavy atom. The quantitative estimate of drug-likeness (QED) is 0.483. The van der Waals surface area contributed by atoms with Crippen molar-refractivity contribution in [2.75, 3.05) is 0 Å². The van der Waals surface area contributed by atoms with E-state index in [2.05, 4.69) is 27.7 Å². The van der Waals surface area contributed by atoms with Crippen molar-refractivity contribution >= 4 is 0 Å². The van der Waals surface area contributed by atoms with Gasteiger partial charge >= 0.3 is 0 Å². The highest BCUT2D eigenvalue weighted by Gasteiger charge is 2.63. The fourth-order valence-corrected chi connectivity index (χ4v) is 9.38. The van der Waals surface area contributed by atoms with Crippen LogP contribution >= 0.6 is 0 Å². The molecule has 0 aromatic rings. The van der Waals surface area contributed by atoms with Gasteiger partial charge < -0.3 is 15.3 Å². The second kappa shape index (κ2) is 8.34. The zero-order valence-corrected chi connectivity index (χ0v) is 20.1. The number of aliphatic hydroxyl groups excluding tert-OH is 2. The van der Waals surface area contributed by atoms with Gasteiger partial charge in [-0.05, 0) is 105 Å². The Morgan fingerprint density at radius 2 is 1.53 bits per heavy atom. The minimum atomic E-state index is -0.557. The predicted octanol–water partition coefficient (Wildman–Crippen LogP) is 5.70. The summed E-state index contributed by atoms with van der Waals surface area (Å²) >= 11 is 0. The van der Waals surface area contributed by atoms with E-state index >= 15 is 0 Å². The predicted molar refractivity (Wildman–Crippen MR) is 122 cm³/mol. The largest absolute Gasteiger partial charge is 0.393 e. The smallest absolute Gasteiger partial charge is 0.0653 e. The molecule has 0 aromatic heterocycles. The van der Waals surface area contributed by atoms with Crippen molar-refractivity contribution in [3.8, 4) is 0 Å². The number of aliphatic hydroxyl groups is 3. The maximum absolute atomic E-state index is 11.6. The lowest BCUT2D eigenvalue weighted by molar-refractivity contribution is -0.179. The van der Waals surface area contributed by atoms with E-state index < -0.39 is 5.60 Å². The van der Waals surface area contributed by atoms with E-state index in [-0.39, 0.29) is 29.0 Å². The van der Waals surface area contributed by atoms with Gasteiger partial charge in [0.25, 0.3) is 0 Å². The van der Waals surface area contributed by atoms with Crippen LogP contribution in [0.15, 0.2) is 0 Å². The molecule has 10 atom stereocenters. The number of rotatable bonds is 6. The highest BCUT2D eigenvalue weighted by molar-refractivity contribution is 5.13. The van der Waals surface area contributed by atoms with E-state index in [0.717, 1.165) is 44.9 Å². The molecule has 4 aliphatic carbocycles. The van der Waals surface area contributed by atoms with Crippen LogP contribution < -0.4 is 0 Å². The first kappa shape index (κ1) is 23.1. The Hall–Kier alpha value is -0.120. The first-order chi connectivity index (χ1) is 14.1. The van der Waals surface area contributed by atoms with Gasteiger partial charge in [-0.15, -0.1) is 0 Å². The molecule has 0 saturated heterocycles. The molecule has 0 spiro atoms. The van der Waals surface area contributed by atoms with Crippen molar-refractivity contribution < 1.29 is 15.3 Å². The summed E-state index contributed by atoms with van der Waals surface area (Å²) in [6.45, 7) is 9.29. The number of hydrogen-bond donors (Lipinski definition) is 3. The topological polar surface area (TPSA) is 60.7 Å². The Balaban J connectivity index is 1.52. The van der Waals surface area contributed by atoms with Crippen LogP contribution in [0.2, 0.25) is 0 Å². The van der Waals surface area contributed by atoms with Crippen LogP contribution in [0.1, 0.15) is 111 Å². The van der Waals surface area contributed by atoms with Crippen molar-refractivity contribution in [1.82, 2.24) is 0 Å². The summed E-state index contributed by atoms with van der Waals surface area (Å²) in [5, 5.41) is 33.0. The van der Waals surface area contributed by atoms with Crippen molar-refractivity contribution in [3.05, 3.63) is 0 Å². The minimum absolute atomic E-state index is 0.184. The van der Waals surface area contributed by atoms with Gasteiger partial charge in [-0.3, -0.25) is 0 Å². The maximum atomic E-state index is 11.6. The van der Waals surface area contributed by atoms with E-state index in [4.69, 9.17) is 0 Å². The molecule has 3 N–H and O–H groups in total. The van der Waals surface area contributed by atoms with Crippen molar-refractivity contribution in [2.45, 2.75) is 129 Å². The number of hydrogen-bond acceptors (Lipinski definition) is 3. The molecule has 4 rings (SSSR count). The van der Waals surface area contributed by atoms with Crippen molar-refractivity contribution in [2.24, 2.45) is 40.4 Å². The van der Waals surface area contributed by atoms with E-state index in [1.54, 1.807) is 0 Å². The van der Waals surface area contributed by atoms with Crippen LogP contribution in [-0.2, 0) is 0 Å². The lowest BCUT2D eigenvalue weighted by Crippen LogP contribution is -2.59. The maximum Gasteiger partial charge on any atom is 0.0653 e. The van der Waals surface area contributed by atoms with Gasteiger partial charge in [-0.25, -0.2) is 0 Å². The third-order valence-electron chi connectivity index (χ3n) is 10.9. The van der Waals surface area contributed by atoms with Gasteiger partial charge in [-0.2, -0.15) is 0 Å². The Labute approximate surface area is 185 Å². The molecule has 4 saturated carbocycles. The van der Waals surface area contributed by atoms with Crippen LogP contribution in [0.5, 0.6) is 0 Å². The summed E-state index contributed by atoms with van der Waals surface area (Å²) in [5.74, 6) is 2.59. The van der Waals surface area contributed by atoms with Gasteiger partial charge in [0.1, 0.15) is 0 Å². The average Bonchev–Trinajstić information content (AvgIpc) is 3.05. The highest BCUT2D eigenvalue weighted by atomic mass is 16.3. The summed E-state index contributed by atoms with van der Waals surface area (Å²) < 4.78 is 0. The van der Waals surface area contributed by atoms with Crippen molar-refractivity contribution in [1.29, 1.82) is 0 Å². The average molecular weight is 421 g/mol. The van der Waals surface area contributed by atoms with Crippen LogP contribution in [0.4, 0.5) is 0 Å². The second-order valence-corrected chi connectivity index (χ2v) is 12.6. The van der Waals surface area contributed by atoms with Gasteiger partial charge in [0.15, 0.2) is 0 Å². The molecular weight excluding hydrogens is 372 g/mol. The minimum Gasteiger partial charge on any atom is -0.393 e. The van der Waals surface area contributed by atoms with Gasteiger partial charge in [0, 0.05) is 0 Å². The Bertz CT molecular complexity index is 603. The zero-order chi connectivity index (χ0) is 21.7. The van der Waals surface area contributed by atoms with E-state index in [9.17, 15) is 15.3 Å². The van der Waals surface area contributed by atoms with E-state index in [1.807, 2.05) is 0 Å². The lowest BCUT2D eigenvalue weighted by Gasteiger charge is -2.62. The SMILES string of the molecule is CCCCCC[C@](C)(O)[C@H]1CCC2C3C[C@H](O)[C@H]4C[C@@H](O)CC[C@]4(C)C3CC[C@@]21C. The highest BCUT2D eigenvalue weighted by Crippen LogP contribution is 2.68. The standard InChI is InChI=1S/C27H48O3/c1-5-6-7-8-13-27(4,30)24-10-9-20-19-17-23(29)22-16-18(28)11-14-25(22,2)21(19)12-15-26(20,24)3/h18-24,28-30H,5-17H2,1-4H3/t18-,19?,20?,21?,22+,23-,24-,25+,26-,27-/m0/s1. The molecular formula is C27H48O3. The molecule has 3 heteroatoms. The van der Waals surface area contributed by atoms with E-state index in [1.165, 1.54) is 38.5 Å². The first-order valence-electron chi connectivity index (χ1n) is 13.2. The molecule has 30 heavy (non-hydrogen) atoms. The normalized spacial score (nSPS) is 50.3. The van der Waals surface area contributed by atoms with Crippen LogP contribution in [-0.4, -0.2) is 33.1 Å². The molecule has 0 radical (unpaired) electrons. The Morgan fingerprint density at radius 3 is 2.27 bits per heavy atom. The molecule has 174 valence electrons. The molecule has 0 aromatic carbocycles. The zero-order valence-electron chi connectivity index (χ0n) is 20.1. The summed E-state index contributed by atoms with van der Waals surface area (Å²) in [4.78, 5) is 0. The number of unbranched alkanes of at least 4 members (excludes halogenated alkanes) is 3. The van der Waals surface area contributed by atoms with Crippen LogP contribution in [0, 0.1) is 40.4 Å². The fourth-order valence-electron chi connectivity index (χ4n) is 9.38. The van der Waals surface area contributed by atoms with Gasteiger partial charge in [-0.1, -0.05) is 46.5 Å². The van der Waals surface area contributed by atoms with E-state index in [0.29, 0.717) is 23.7 Å². The summed E-state index contributed by atoms with van der Waals surface area (Å²) in [7, 11) is 0. The summed E-state index contributed by atoms with van der Waals surface area (Å²) in [5.41, 5.74) is -0.158. The molecule has 3 unspecified atom stereocenters. The number of fused-ring (bicyclic) bond motifs is 5. The van der Waals surface area contributed by atoms with Gasteiger partial charge in [0.2, 0.25) is 0 Å². The van der Waals surface area contributed by atoms with Crippen LogP contribution in [0.3, 0.4) is 0 Å². The monoisotopic (exact) mass is 420 g/mol. The van der Waals surface area contributed by atoms with Gasteiger partial charge in [0.05, 0.1) is 17.8 Å². The molecule has 4 fully saturated rings. The molecule has 0 heterocycles. The molecule has 0 aliphatic heterocycles. The molecule has 0 bridgehead atoms. The third-order valence-corrected chi connectivity index (χ3v) is 10.9. The van der Waals surface area contributed by atoms with Crippen molar-refractivity contribution in [3.63, 3.8) is 0 Å². The molecule has 4 aliphatic rings.